The van der Waals surface area contributed by atoms with E-state index in [1.54, 1.807) is 12.1 Å². The molecule has 0 aliphatic rings. The quantitative estimate of drug-likeness (QED) is 0.153. The molecule has 0 saturated heterocycles. The first-order valence-corrected chi connectivity index (χ1v) is 13.0. The van der Waals surface area contributed by atoms with E-state index in [0.717, 1.165) is 18.2 Å². The molecule has 0 heterocycles. The van der Waals surface area contributed by atoms with Crippen LogP contribution in [-0.4, -0.2) is 45.7 Å². The van der Waals surface area contributed by atoms with Gasteiger partial charge in [0.15, 0.2) is 16.6 Å². The van der Waals surface area contributed by atoms with Crippen molar-refractivity contribution in [2.24, 2.45) is 0 Å². The van der Waals surface area contributed by atoms with Crippen molar-refractivity contribution in [3.8, 4) is 17.2 Å². The number of nitro groups is 1. The van der Waals surface area contributed by atoms with Gasteiger partial charge in [-0.05, 0) is 42.5 Å². The molecular formula is C23H22ClN5O8S2. The highest BCUT2D eigenvalue weighted by Crippen LogP contribution is 2.38. The van der Waals surface area contributed by atoms with Crippen molar-refractivity contribution in [2.75, 3.05) is 31.5 Å². The van der Waals surface area contributed by atoms with Gasteiger partial charge in [-0.15, -0.1) is 0 Å². The molecular weight excluding hydrogens is 574 g/mol. The van der Waals surface area contributed by atoms with Gasteiger partial charge in [-0.3, -0.25) is 35.8 Å². The fourth-order valence-electron chi connectivity index (χ4n) is 3.24. The Morgan fingerprint density at radius 1 is 0.974 bits per heavy atom. The number of nitrogens with one attached hydrogen (secondary N) is 4. The number of rotatable bonds is 10. The number of carbonyl (C=O) groups is 1. The predicted molar refractivity (Wildman–Crippen MR) is 148 cm³/mol. The van der Waals surface area contributed by atoms with E-state index in [1.165, 1.54) is 45.6 Å². The van der Waals surface area contributed by atoms with Gasteiger partial charge in [0.05, 0.1) is 42.7 Å². The first kappa shape index (κ1) is 29.2. The molecule has 0 radical (unpaired) electrons. The van der Waals surface area contributed by atoms with Crippen LogP contribution in [0, 0.1) is 10.1 Å². The number of benzene rings is 3. The lowest BCUT2D eigenvalue weighted by atomic mass is 10.1. The van der Waals surface area contributed by atoms with Crippen molar-refractivity contribution in [1.29, 1.82) is 0 Å². The molecule has 0 aliphatic heterocycles. The minimum absolute atomic E-state index is 0.0673. The second kappa shape index (κ2) is 12.5. The number of halogens is 1. The normalized spacial score (nSPS) is 10.7. The monoisotopic (exact) mass is 595 g/mol. The van der Waals surface area contributed by atoms with Crippen molar-refractivity contribution in [3.63, 3.8) is 0 Å². The molecule has 206 valence electrons. The zero-order valence-corrected chi connectivity index (χ0v) is 23.0. The summed E-state index contributed by atoms with van der Waals surface area (Å²) in [7, 11) is -0.163. The lowest BCUT2D eigenvalue weighted by Crippen LogP contribution is -2.42. The number of anilines is 2. The number of nitro benzene ring substituents is 1. The maximum absolute atomic E-state index is 13.1. The first-order valence-electron chi connectivity index (χ1n) is 10.7. The molecule has 16 heteroatoms. The van der Waals surface area contributed by atoms with Gasteiger partial charge in [0.2, 0.25) is 5.75 Å². The van der Waals surface area contributed by atoms with Gasteiger partial charge in [-0.2, -0.15) is 0 Å². The molecule has 0 aromatic heterocycles. The SMILES string of the molecule is COc1cc(C(=O)NC(=S)NNc2ccc([N+](=O)[O-])cc2S(=O)(=O)Nc2ccccc2Cl)cc(OC)c1OC. The molecule has 0 saturated carbocycles. The number of ether oxygens (including phenoxy) is 3. The maximum Gasteiger partial charge on any atom is 0.270 e. The van der Waals surface area contributed by atoms with Crippen molar-refractivity contribution in [2.45, 2.75) is 4.90 Å². The number of hydrogen-bond donors (Lipinski definition) is 4. The molecule has 0 atom stereocenters. The highest BCUT2D eigenvalue weighted by atomic mass is 35.5. The van der Waals surface area contributed by atoms with E-state index in [-0.39, 0.29) is 44.3 Å². The zero-order valence-electron chi connectivity index (χ0n) is 20.6. The summed E-state index contributed by atoms with van der Waals surface area (Å²) < 4.78 is 44.3. The van der Waals surface area contributed by atoms with Crippen LogP contribution in [-0.2, 0) is 10.0 Å². The van der Waals surface area contributed by atoms with Crippen LogP contribution < -0.4 is 35.1 Å². The molecule has 1 amide bonds. The van der Waals surface area contributed by atoms with Crippen LogP contribution in [0.3, 0.4) is 0 Å². The van der Waals surface area contributed by atoms with Crippen LogP contribution in [0.2, 0.25) is 5.02 Å². The van der Waals surface area contributed by atoms with Gasteiger partial charge in [-0.25, -0.2) is 8.42 Å². The van der Waals surface area contributed by atoms with Crippen molar-refractivity contribution < 1.29 is 32.3 Å². The van der Waals surface area contributed by atoms with E-state index >= 15 is 0 Å². The molecule has 4 N–H and O–H groups in total. The number of nitrogens with zero attached hydrogens (tertiary/aromatic N) is 1. The van der Waals surface area contributed by atoms with Gasteiger partial charge in [0.1, 0.15) is 4.90 Å². The number of hydrogen-bond acceptors (Lipinski definition) is 10. The number of methoxy groups -OCH3 is 3. The summed E-state index contributed by atoms with van der Waals surface area (Å²) in [5.74, 6) is 0.123. The van der Waals surface area contributed by atoms with Gasteiger partial charge in [0, 0.05) is 17.7 Å². The molecule has 0 fully saturated rings. The summed E-state index contributed by atoms with van der Waals surface area (Å²) in [4.78, 5) is 22.8. The molecule has 3 aromatic carbocycles. The summed E-state index contributed by atoms with van der Waals surface area (Å²) >= 11 is 11.2. The van der Waals surface area contributed by atoms with Gasteiger partial charge in [0.25, 0.3) is 21.6 Å². The Bertz CT molecular complexity index is 1510. The lowest BCUT2D eigenvalue weighted by molar-refractivity contribution is -0.385. The average molecular weight is 596 g/mol. The number of sulfonamides is 1. The highest BCUT2D eigenvalue weighted by molar-refractivity contribution is 7.93. The Hall–Kier alpha value is -4.34. The van der Waals surface area contributed by atoms with Gasteiger partial charge in [-0.1, -0.05) is 23.7 Å². The van der Waals surface area contributed by atoms with Crippen molar-refractivity contribution in [3.05, 3.63) is 75.3 Å². The van der Waals surface area contributed by atoms with E-state index in [2.05, 4.69) is 20.9 Å². The summed E-state index contributed by atoms with van der Waals surface area (Å²) in [6.45, 7) is 0. The highest BCUT2D eigenvalue weighted by Gasteiger charge is 2.24. The molecule has 39 heavy (non-hydrogen) atoms. The second-order valence-electron chi connectivity index (χ2n) is 7.47. The summed E-state index contributed by atoms with van der Waals surface area (Å²) in [6.07, 6.45) is 0. The Morgan fingerprint density at radius 3 is 2.18 bits per heavy atom. The summed E-state index contributed by atoms with van der Waals surface area (Å²) in [5, 5.41) is 13.6. The number of carbonyl (C=O) groups excluding carboxylic acids is 1. The van der Waals surface area contributed by atoms with E-state index in [0.29, 0.717) is 0 Å². The summed E-state index contributed by atoms with van der Waals surface area (Å²) in [6, 6.07) is 12.0. The van der Waals surface area contributed by atoms with Crippen LogP contribution >= 0.6 is 23.8 Å². The zero-order chi connectivity index (χ0) is 28.7. The Kier molecular flexibility index (Phi) is 9.34. The van der Waals surface area contributed by atoms with E-state index in [1.807, 2.05) is 0 Å². The van der Waals surface area contributed by atoms with Crippen LogP contribution in [0.5, 0.6) is 17.2 Å². The number of thiocarbonyl (C=S) groups is 1. The average Bonchev–Trinajstić information content (AvgIpc) is 2.91. The molecule has 0 aliphatic carbocycles. The fraction of sp³-hybridized carbons (Fsp3) is 0.130. The van der Waals surface area contributed by atoms with Crippen LogP contribution in [0.4, 0.5) is 17.1 Å². The van der Waals surface area contributed by atoms with Crippen LogP contribution in [0.25, 0.3) is 0 Å². The van der Waals surface area contributed by atoms with Crippen molar-refractivity contribution >= 4 is 61.9 Å². The maximum atomic E-state index is 13.1. The Morgan fingerprint density at radius 2 is 1.62 bits per heavy atom. The topological polar surface area (TPSA) is 170 Å². The standard InChI is InChI=1S/C23H22ClN5O8S2/c1-35-18-10-13(11-19(36-2)21(18)37-3)22(30)25-23(38)27-26-17-9-8-14(29(31)32)12-20(17)39(33,34)28-16-7-5-4-6-15(16)24/h4-12,26,28H,1-3H3,(H2,25,27,30,38). The van der Waals surface area contributed by atoms with Gasteiger partial charge >= 0.3 is 0 Å². The smallest absolute Gasteiger partial charge is 0.270 e. The van der Waals surface area contributed by atoms with E-state index < -0.39 is 31.4 Å². The number of amides is 1. The molecule has 0 spiro atoms. The Labute approximate surface area is 233 Å². The van der Waals surface area contributed by atoms with E-state index in [4.69, 9.17) is 38.0 Å². The third kappa shape index (κ3) is 6.95. The number of non-ortho nitro benzene ring substituents is 1. The molecule has 13 nitrogen and oxygen atoms in total. The van der Waals surface area contributed by atoms with Crippen molar-refractivity contribution in [1.82, 2.24) is 10.7 Å². The lowest BCUT2D eigenvalue weighted by Gasteiger charge is -2.17. The van der Waals surface area contributed by atoms with Gasteiger partial charge < -0.3 is 14.2 Å². The fourth-order valence-corrected chi connectivity index (χ4v) is 4.88. The Balaban J connectivity index is 1.81. The minimum atomic E-state index is -4.37. The molecule has 0 bridgehead atoms. The summed E-state index contributed by atoms with van der Waals surface area (Å²) in [5.41, 5.74) is 4.65. The predicted octanol–water partition coefficient (Wildman–Crippen LogP) is 3.71. The minimum Gasteiger partial charge on any atom is -0.493 e. The number of para-hydroxylation sites is 1. The third-order valence-electron chi connectivity index (χ3n) is 5.05. The number of hydrazine groups is 1. The molecule has 0 unspecified atom stereocenters. The van der Waals surface area contributed by atoms with Crippen LogP contribution in [0.15, 0.2) is 59.5 Å². The van der Waals surface area contributed by atoms with Crippen LogP contribution in [0.1, 0.15) is 10.4 Å². The molecule has 3 aromatic rings. The second-order valence-corrected chi connectivity index (χ2v) is 9.94. The first-order chi connectivity index (χ1) is 18.5. The van der Waals surface area contributed by atoms with E-state index in [9.17, 15) is 23.3 Å². The third-order valence-corrected chi connectivity index (χ3v) is 6.99. The molecule has 3 rings (SSSR count). The largest absolute Gasteiger partial charge is 0.493 e.